The monoisotopic (exact) mass is 288 g/mol. The van der Waals surface area contributed by atoms with Crippen LogP contribution in [0.25, 0.3) is 0 Å². The first-order valence-electron chi connectivity index (χ1n) is 6.62. The zero-order chi connectivity index (χ0) is 14.5. The molecule has 0 aliphatic heterocycles. The first kappa shape index (κ1) is 14.6. The SMILES string of the molecule is CCc1cc(OCC(=O)c2ccccc2C)ccc1Cl. The van der Waals surface area contributed by atoms with E-state index < -0.39 is 0 Å². The van der Waals surface area contributed by atoms with Crippen LogP contribution in [0.5, 0.6) is 5.75 Å². The average molecular weight is 289 g/mol. The molecule has 0 unspecified atom stereocenters. The van der Waals surface area contributed by atoms with Gasteiger partial charge in [-0.05, 0) is 42.7 Å². The van der Waals surface area contributed by atoms with Crippen molar-refractivity contribution in [1.29, 1.82) is 0 Å². The van der Waals surface area contributed by atoms with Crippen LogP contribution in [0.15, 0.2) is 42.5 Å². The standard InChI is InChI=1S/C17H17ClO2/c1-3-13-10-14(8-9-16(13)18)20-11-17(19)15-7-5-4-6-12(15)2/h4-10H,3,11H2,1-2H3. The summed E-state index contributed by atoms with van der Waals surface area (Å²) < 4.78 is 5.57. The quantitative estimate of drug-likeness (QED) is 0.759. The summed E-state index contributed by atoms with van der Waals surface area (Å²) >= 11 is 6.05. The number of ether oxygens (including phenoxy) is 1. The lowest BCUT2D eigenvalue weighted by Gasteiger charge is -2.09. The van der Waals surface area contributed by atoms with Gasteiger partial charge in [-0.2, -0.15) is 0 Å². The number of hydrogen-bond acceptors (Lipinski definition) is 2. The van der Waals surface area contributed by atoms with Crippen LogP contribution in [0.3, 0.4) is 0 Å². The van der Waals surface area contributed by atoms with E-state index in [4.69, 9.17) is 16.3 Å². The van der Waals surface area contributed by atoms with E-state index in [1.807, 2.05) is 44.2 Å². The summed E-state index contributed by atoms with van der Waals surface area (Å²) in [5.74, 6) is 0.657. The summed E-state index contributed by atoms with van der Waals surface area (Å²) in [6, 6.07) is 13.0. The van der Waals surface area contributed by atoms with E-state index in [-0.39, 0.29) is 12.4 Å². The first-order chi connectivity index (χ1) is 9.61. The number of carbonyl (C=O) groups excluding carboxylic acids is 1. The highest BCUT2D eigenvalue weighted by Crippen LogP contribution is 2.22. The topological polar surface area (TPSA) is 26.3 Å². The average Bonchev–Trinajstić information content (AvgIpc) is 2.46. The van der Waals surface area contributed by atoms with Gasteiger partial charge in [0.1, 0.15) is 5.75 Å². The normalized spacial score (nSPS) is 10.3. The summed E-state index contributed by atoms with van der Waals surface area (Å²) in [5, 5.41) is 0.727. The van der Waals surface area contributed by atoms with Crippen LogP contribution in [0, 0.1) is 6.92 Å². The van der Waals surface area contributed by atoms with Crippen molar-refractivity contribution in [3.8, 4) is 5.75 Å². The van der Waals surface area contributed by atoms with E-state index in [0.29, 0.717) is 11.3 Å². The second-order valence-electron chi connectivity index (χ2n) is 4.63. The third kappa shape index (κ3) is 3.40. The van der Waals surface area contributed by atoms with Crippen LogP contribution in [0.2, 0.25) is 5.02 Å². The van der Waals surface area contributed by atoms with Crippen LogP contribution < -0.4 is 4.74 Å². The molecule has 0 radical (unpaired) electrons. The van der Waals surface area contributed by atoms with E-state index in [1.165, 1.54) is 0 Å². The van der Waals surface area contributed by atoms with Crippen LogP contribution >= 0.6 is 11.6 Å². The Morgan fingerprint density at radius 3 is 2.65 bits per heavy atom. The molecule has 0 heterocycles. The first-order valence-corrected chi connectivity index (χ1v) is 6.99. The predicted octanol–water partition coefficient (Wildman–Crippen LogP) is 4.47. The molecule has 2 aromatic rings. The van der Waals surface area contributed by atoms with E-state index in [0.717, 1.165) is 22.6 Å². The minimum absolute atomic E-state index is 0.0175. The van der Waals surface area contributed by atoms with Gasteiger partial charge in [0.15, 0.2) is 12.4 Å². The molecule has 0 spiro atoms. The molecule has 2 nitrogen and oxygen atoms in total. The van der Waals surface area contributed by atoms with Crippen LogP contribution in [-0.2, 0) is 6.42 Å². The van der Waals surface area contributed by atoms with Crippen molar-refractivity contribution in [3.63, 3.8) is 0 Å². The number of ketones is 1. The van der Waals surface area contributed by atoms with Crippen molar-refractivity contribution >= 4 is 17.4 Å². The highest BCUT2D eigenvalue weighted by Gasteiger charge is 2.09. The number of Topliss-reactive ketones (excluding diaryl/α,β-unsaturated/α-hetero) is 1. The van der Waals surface area contributed by atoms with Gasteiger partial charge in [0.2, 0.25) is 0 Å². The van der Waals surface area contributed by atoms with Crippen molar-refractivity contribution in [2.24, 2.45) is 0 Å². The van der Waals surface area contributed by atoms with E-state index in [2.05, 4.69) is 0 Å². The molecule has 0 fully saturated rings. The maximum absolute atomic E-state index is 12.1. The minimum Gasteiger partial charge on any atom is -0.485 e. The molecule has 0 aliphatic rings. The molecule has 0 aliphatic carbocycles. The van der Waals surface area contributed by atoms with E-state index >= 15 is 0 Å². The minimum atomic E-state index is -0.0175. The Morgan fingerprint density at radius 2 is 1.95 bits per heavy atom. The van der Waals surface area contributed by atoms with Gasteiger partial charge < -0.3 is 4.74 Å². The summed E-state index contributed by atoms with van der Waals surface area (Å²) in [6.45, 7) is 3.99. The van der Waals surface area contributed by atoms with Gasteiger partial charge in [0.05, 0.1) is 0 Å². The van der Waals surface area contributed by atoms with Crippen molar-refractivity contribution in [1.82, 2.24) is 0 Å². The molecule has 3 heteroatoms. The Hall–Kier alpha value is -1.80. The second-order valence-corrected chi connectivity index (χ2v) is 5.04. The maximum atomic E-state index is 12.1. The Kier molecular flexibility index (Phi) is 4.80. The number of hydrogen-bond donors (Lipinski definition) is 0. The van der Waals surface area contributed by atoms with Gasteiger partial charge in [-0.15, -0.1) is 0 Å². The van der Waals surface area contributed by atoms with Crippen molar-refractivity contribution < 1.29 is 9.53 Å². The molecule has 104 valence electrons. The molecule has 0 atom stereocenters. The lowest BCUT2D eigenvalue weighted by atomic mass is 10.1. The number of carbonyl (C=O) groups is 1. The molecule has 0 N–H and O–H groups in total. The smallest absolute Gasteiger partial charge is 0.200 e. The van der Waals surface area contributed by atoms with Gasteiger partial charge in [0, 0.05) is 10.6 Å². The Labute approximate surface area is 124 Å². The molecule has 0 aromatic heterocycles. The Balaban J connectivity index is 2.06. The van der Waals surface area contributed by atoms with Gasteiger partial charge in [-0.1, -0.05) is 42.8 Å². The molecule has 0 saturated heterocycles. The molecule has 0 saturated carbocycles. The molecule has 20 heavy (non-hydrogen) atoms. The molecule has 2 aromatic carbocycles. The highest BCUT2D eigenvalue weighted by atomic mass is 35.5. The second kappa shape index (κ2) is 6.58. The van der Waals surface area contributed by atoms with Gasteiger partial charge in [-0.25, -0.2) is 0 Å². The molecule has 2 rings (SSSR count). The summed E-state index contributed by atoms with van der Waals surface area (Å²) in [7, 11) is 0. The van der Waals surface area contributed by atoms with E-state index in [9.17, 15) is 4.79 Å². The van der Waals surface area contributed by atoms with Crippen LogP contribution in [0.4, 0.5) is 0 Å². The van der Waals surface area contributed by atoms with E-state index in [1.54, 1.807) is 12.1 Å². The number of halogens is 1. The maximum Gasteiger partial charge on any atom is 0.200 e. The van der Waals surface area contributed by atoms with Crippen molar-refractivity contribution in [2.45, 2.75) is 20.3 Å². The molecule has 0 amide bonds. The van der Waals surface area contributed by atoms with Crippen molar-refractivity contribution in [3.05, 3.63) is 64.2 Å². The van der Waals surface area contributed by atoms with Crippen LogP contribution in [-0.4, -0.2) is 12.4 Å². The molecular weight excluding hydrogens is 272 g/mol. The third-order valence-electron chi connectivity index (χ3n) is 3.21. The summed E-state index contributed by atoms with van der Waals surface area (Å²) in [6.07, 6.45) is 0.835. The fourth-order valence-electron chi connectivity index (χ4n) is 2.02. The Morgan fingerprint density at radius 1 is 1.20 bits per heavy atom. The molecular formula is C17H17ClO2. The summed E-state index contributed by atoms with van der Waals surface area (Å²) in [5.41, 5.74) is 2.69. The zero-order valence-electron chi connectivity index (χ0n) is 11.7. The number of aryl methyl sites for hydroxylation is 2. The third-order valence-corrected chi connectivity index (χ3v) is 3.58. The van der Waals surface area contributed by atoms with Crippen molar-refractivity contribution in [2.75, 3.05) is 6.61 Å². The lowest BCUT2D eigenvalue weighted by molar-refractivity contribution is 0.0921. The Bertz CT molecular complexity index is 620. The zero-order valence-corrected chi connectivity index (χ0v) is 12.4. The van der Waals surface area contributed by atoms with Gasteiger partial charge in [0.25, 0.3) is 0 Å². The summed E-state index contributed by atoms with van der Waals surface area (Å²) in [4.78, 5) is 12.1. The fraction of sp³-hybridized carbons (Fsp3) is 0.235. The van der Waals surface area contributed by atoms with Gasteiger partial charge >= 0.3 is 0 Å². The molecule has 0 bridgehead atoms. The largest absolute Gasteiger partial charge is 0.485 e. The fourth-order valence-corrected chi connectivity index (χ4v) is 2.28. The predicted molar refractivity (Wildman–Crippen MR) is 81.8 cm³/mol. The lowest BCUT2D eigenvalue weighted by Crippen LogP contribution is -2.12. The number of benzene rings is 2. The van der Waals surface area contributed by atoms with Crippen LogP contribution in [0.1, 0.15) is 28.4 Å². The highest BCUT2D eigenvalue weighted by molar-refractivity contribution is 6.31. The number of rotatable bonds is 5. The van der Waals surface area contributed by atoms with Gasteiger partial charge in [-0.3, -0.25) is 4.79 Å².